The van der Waals surface area contributed by atoms with Gasteiger partial charge in [-0.2, -0.15) is 0 Å². The molecule has 0 radical (unpaired) electrons. The number of para-hydroxylation sites is 1. The molecule has 0 aromatic heterocycles. The van der Waals surface area contributed by atoms with Crippen LogP contribution < -0.4 is 5.32 Å². The summed E-state index contributed by atoms with van der Waals surface area (Å²) >= 11 is 1.08. The number of amides is 1. The number of non-ortho nitro benzene ring substituents is 1. The summed E-state index contributed by atoms with van der Waals surface area (Å²) in [5.41, 5.74) is 0.754. The van der Waals surface area contributed by atoms with E-state index in [1.165, 1.54) is 24.3 Å². The highest BCUT2D eigenvalue weighted by atomic mass is 32.2. The quantitative estimate of drug-likeness (QED) is 0.524. The van der Waals surface area contributed by atoms with Gasteiger partial charge in [0.25, 0.3) is 11.6 Å². The Kier molecular flexibility index (Phi) is 4.39. The molecule has 2 aromatic rings. The molecule has 1 fully saturated rings. The predicted octanol–water partition coefficient (Wildman–Crippen LogP) is 3.63. The third-order valence-electron chi connectivity index (χ3n) is 3.13. The Balaban J connectivity index is 1.82. The molecule has 1 heterocycles. The van der Waals surface area contributed by atoms with E-state index >= 15 is 0 Å². The van der Waals surface area contributed by atoms with Crippen molar-refractivity contribution in [2.45, 2.75) is 0 Å². The van der Waals surface area contributed by atoms with Gasteiger partial charge in [-0.15, -0.1) is 0 Å². The molecule has 24 heavy (non-hydrogen) atoms. The number of hydrogen-bond donors (Lipinski definition) is 1. The SMILES string of the molecule is O=C1NC(=Nc2ccccc2F)SC1=Cc1ccc([N+](=O)[O-])cc1. The summed E-state index contributed by atoms with van der Waals surface area (Å²) in [6.07, 6.45) is 1.59. The molecule has 0 aliphatic carbocycles. The minimum atomic E-state index is -0.493. The van der Waals surface area contributed by atoms with Crippen LogP contribution in [0.5, 0.6) is 0 Å². The molecular weight excluding hydrogens is 333 g/mol. The number of nitro groups is 1. The molecule has 3 rings (SSSR count). The summed E-state index contributed by atoms with van der Waals surface area (Å²) in [5, 5.41) is 13.5. The van der Waals surface area contributed by atoms with Gasteiger partial charge in [-0.3, -0.25) is 14.9 Å². The smallest absolute Gasteiger partial charge is 0.269 e. The number of nitrogens with zero attached hydrogens (tertiary/aromatic N) is 2. The number of thioether (sulfide) groups is 1. The van der Waals surface area contributed by atoms with Gasteiger partial charge in [0.2, 0.25) is 0 Å². The van der Waals surface area contributed by atoms with E-state index in [-0.39, 0.29) is 22.4 Å². The Morgan fingerprint density at radius 1 is 1.17 bits per heavy atom. The summed E-state index contributed by atoms with van der Waals surface area (Å²) in [6.45, 7) is 0. The molecular formula is C16H10FN3O3S. The Morgan fingerprint density at radius 3 is 2.54 bits per heavy atom. The van der Waals surface area contributed by atoms with E-state index in [0.29, 0.717) is 10.5 Å². The lowest BCUT2D eigenvalue weighted by Crippen LogP contribution is -2.19. The Morgan fingerprint density at radius 2 is 1.88 bits per heavy atom. The summed E-state index contributed by atoms with van der Waals surface area (Å²) in [4.78, 5) is 26.5. The lowest BCUT2D eigenvalue weighted by atomic mass is 10.2. The highest BCUT2D eigenvalue weighted by Gasteiger charge is 2.24. The molecule has 1 aliphatic heterocycles. The average Bonchev–Trinajstić information content (AvgIpc) is 2.90. The zero-order chi connectivity index (χ0) is 17.1. The van der Waals surface area contributed by atoms with Gasteiger partial charge in [-0.25, -0.2) is 9.38 Å². The van der Waals surface area contributed by atoms with Gasteiger partial charge in [-0.05, 0) is 47.7 Å². The van der Waals surface area contributed by atoms with Crippen molar-refractivity contribution in [2.75, 3.05) is 0 Å². The predicted molar refractivity (Wildman–Crippen MR) is 90.3 cm³/mol. The molecule has 1 amide bonds. The summed E-state index contributed by atoms with van der Waals surface area (Å²) in [7, 11) is 0. The number of carbonyl (C=O) groups is 1. The monoisotopic (exact) mass is 343 g/mol. The number of hydrogen-bond acceptors (Lipinski definition) is 5. The van der Waals surface area contributed by atoms with Crippen molar-refractivity contribution >= 4 is 40.3 Å². The van der Waals surface area contributed by atoms with Crippen LogP contribution in [0.25, 0.3) is 6.08 Å². The highest BCUT2D eigenvalue weighted by molar-refractivity contribution is 8.18. The van der Waals surface area contributed by atoms with Gasteiger partial charge in [0, 0.05) is 12.1 Å². The van der Waals surface area contributed by atoms with Crippen molar-refractivity contribution < 1.29 is 14.1 Å². The van der Waals surface area contributed by atoms with Gasteiger partial charge in [0.15, 0.2) is 5.17 Å². The first-order valence-electron chi connectivity index (χ1n) is 6.81. The molecule has 0 bridgehead atoms. The first-order chi connectivity index (χ1) is 11.5. The van der Waals surface area contributed by atoms with Crippen molar-refractivity contribution in [1.29, 1.82) is 0 Å². The van der Waals surface area contributed by atoms with E-state index in [2.05, 4.69) is 10.3 Å². The number of nitrogens with one attached hydrogen (secondary N) is 1. The Labute approximate surface area is 140 Å². The number of amidine groups is 1. The number of nitro benzene ring substituents is 1. The van der Waals surface area contributed by atoms with Crippen LogP contribution in [0, 0.1) is 15.9 Å². The average molecular weight is 343 g/mol. The Hall–Kier alpha value is -3.00. The first kappa shape index (κ1) is 15.9. The van der Waals surface area contributed by atoms with E-state index in [0.717, 1.165) is 11.8 Å². The maximum Gasteiger partial charge on any atom is 0.269 e. The lowest BCUT2D eigenvalue weighted by Gasteiger charge is -1.97. The topological polar surface area (TPSA) is 84.6 Å². The first-order valence-corrected chi connectivity index (χ1v) is 7.63. The maximum absolute atomic E-state index is 13.6. The van der Waals surface area contributed by atoms with E-state index in [1.807, 2.05) is 0 Å². The van der Waals surface area contributed by atoms with Gasteiger partial charge < -0.3 is 5.32 Å². The normalized spacial score (nSPS) is 17.3. The van der Waals surface area contributed by atoms with E-state index in [9.17, 15) is 19.3 Å². The van der Waals surface area contributed by atoms with E-state index < -0.39 is 10.7 Å². The fraction of sp³-hybridized carbons (Fsp3) is 0. The number of rotatable bonds is 3. The molecule has 120 valence electrons. The van der Waals surface area contributed by atoms with Crippen molar-refractivity contribution in [3.05, 3.63) is 74.9 Å². The number of halogens is 1. The largest absolute Gasteiger partial charge is 0.300 e. The van der Waals surface area contributed by atoms with Crippen molar-refractivity contribution in [3.8, 4) is 0 Å². The van der Waals surface area contributed by atoms with Gasteiger partial charge >= 0.3 is 0 Å². The van der Waals surface area contributed by atoms with Gasteiger partial charge in [0.1, 0.15) is 11.5 Å². The zero-order valence-corrected chi connectivity index (χ0v) is 12.9. The number of carbonyl (C=O) groups excluding carboxylic acids is 1. The zero-order valence-electron chi connectivity index (χ0n) is 12.1. The summed E-state index contributed by atoms with van der Waals surface area (Å²) in [6, 6.07) is 11.8. The number of aliphatic imine (C=N–C) groups is 1. The fourth-order valence-corrected chi connectivity index (χ4v) is 2.81. The maximum atomic E-state index is 13.6. The molecule has 0 spiro atoms. The molecule has 1 aliphatic rings. The minimum absolute atomic E-state index is 0.0255. The van der Waals surface area contributed by atoms with Crippen LogP contribution >= 0.6 is 11.8 Å². The van der Waals surface area contributed by atoms with Gasteiger partial charge in [0.05, 0.1) is 9.83 Å². The van der Waals surface area contributed by atoms with Crippen molar-refractivity contribution in [1.82, 2.24) is 5.32 Å². The van der Waals surface area contributed by atoms with Crippen molar-refractivity contribution in [3.63, 3.8) is 0 Å². The van der Waals surface area contributed by atoms with Crippen molar-refractivity contribution in [2.24, 2.45) is 4.99 Å². The Bertz CT molecular complexity index is 878. The molecule has 8 heteroatoms. The van der Waals surface area contributed by atoms with Crippen LogP contribution in [0.3, 0.4) is 0 Å². The summed E-state index contributed by atoms with van der Waals surface area (Å²) in [5.74, 6) is -0.832. The van der Waals surface area contributed by atoms with Crippen LogP contribution in [0.2, 0.25) is 0 Å². The van der Waals surface area contributed by atoms with E-state index in [4.69, 9.17) is 0 Å². The van der Waals surface area contributed by atoms with Crippen LogP contribution in [0.1, 0.15) is 5.56 Å². The second-order valence-electron chi connectivity index (χ2n) is 4.78. The molecule has 6 nitrogen and oxygen atoms in total. The molecule has 1 N–H and O–H groups in total. The molecule has 0 atom stereocenters. The van der Waals surface area contributed by atoms with Crippen LogP contribution in [-0.4, -0.2) is 16.0 Å². The van der Waals surface area contributed by atoms with Gasteiger partial charge in [-0.1, -0.05) is 12.1 Å². The highest BCUT2D eigenvalue weighted by Crippen LogP contribution is 2.29. The van der Waals surface area contributed by atoms with Crippen LogP contribution in [0.4, 0.5) is 15.8 Å². The molecule has 0 saturated carbocycles. The molecule has 2 aromatic carbocycles. The minimum Gasteiger partial charge on any atom is -0.300 e. The molecule has 0 unspecified atom stereocenters. The number of benzene rings is 2. The van der Waals surface area contributed by atoms with Crippen LogP contribution in [0.15, 0.2) is 58.4 Å². The lowest BCUT2D eigenvalue weighted by molar-refractivity contribution is -0.384. The standard InChI is InChI=1S/C16H10FN3O3S/c17-12-3-1-2-4-13(12)18-16-19-15(21)14(24-16)9-10-5-7-11(8-6-10)20(22)23/h1-9H,(H,18,19,21). The second-order valence-corrected chi connectivity index (χ2v) is 5.81. The third kappa shape index (κ3) is 3.49. The fourth-order valence-electron chi connectivity index (χ4n) is 1.98. The molecule has 1 saturated heterocycles. The summed E-state index contributed by atoms with van der Waals surface area (Å²) < 4.78 is 13.6. The third-order valence-corrected chi connectivity index (χ3v) is 4.04. The van der Waals surface area contributed by atoms with E-state index in [1.54, 1.807) is 30.3 Å². The second kappa shape index (κ2) is 6.63. The van der Waals surface area contributed by atoms with Crippen LogP contribution in [-0.2, 0) is 4.79 Å².